The molecule has 0 fully saturated rings. The molecule has 1 amide bonds. The Morgan fingerprint density at radius 1 is 1.00 bits per heavy atom. The van der Waals surface area contributed by atoms with Crippen molar-refractivity contribution in [3.63, 3.8) is 0 Å². The monoisotopic (exact) mass is 395 g/mol. The number of carbonyl (C=O) groups excluding carboxylic acids is 2. The van der Waals surface area contributed by atoms with Crippen molar-refractivity contribution < 1.29 is 23.5 Å². The molecular weight excluding hydrogens is 374 g/mol. The minimum Gasteiger partial charge on any atom is -0.482 e. The van der Waals surface area contributed by atoms with Gasteiger partial charge in [-0.1, -0.05) is 55.3 Å². The lowest BCUT2D eigenvalue weighted by atomic mass is 10.0. The number of ether oxygens (including phenoxy) is 2. The Balaban J connectivity index is 1.45. The molecule has 1 aromatic heterocycles. The zero-order valence-electron chi connectivity index (χ0n) is 16.1. The van der Waals surface area contributed by atoms with Crippen molar-refractivity contribution in [2.45, 2.75) is 19.8 Å². The maximum absolute atomic E-state index is 11.9. The molecule has 2 aromatic carbocycles. The van der Waals surface area contributed by atoms with E-state index in [9.17, 15) is 9.59 Å². The number of esters is 1. The van der Waals surface area contributed by atoms with Gasteiger partial charge in [0.1, 0.15) is 5.75 Å². The highest BCUT2D eigenvalue weighted by Crippen LogP contribution is 2.25. The van der Waals surface area contributed by atoms with Gasteiger partial charge in [0.05, 0.1) is 0 Å². The Hall–Kier alpha value is -3.68. The third-order valence-electron chi connectivity index (χ3n) is 3.94. The molecule has 0 saturated heterocycles. The topological polar surface area (TPSA) is 104 Å². The first-order chi connectivity index (χ1) is 14.0. The molecule has 29 heavy (non-hydrogen) atoms. The largest absolute Gasteiger partial charge is 0.482 e. The van der Waals surface area contributed by atoms with Gasteiger partial charge in [-0.3, -0.25) is 10.1 Å². The molecule has 0 spiro atoms. The van der Waals surface area contributed by atoms with Crippen LogP contribution in [-0.4, -0.2) is 35.3 Å². The summed E-state index contributed by atoms with van der Waals surface area (Å²) in [5.74, 6) is -0.111. The number of para-hydroxylation sites is 1. The molecule has 1 heterocycles. The first kappa shape index (κ1) is 20.1. The van der Waals surface area contributed by atoms with E-state index in [1.54, 1.807) is 18.2 Å². The van der Waals surface area contributed by atoms with E-state index in [4.69, 9.17) is 13.9 Å². The van der Waals surface area contributed by atoms with Gasteiger partial charge in [0.15, 0.2) is 13.2 Å². The average Bonchev–Trinajstić information content (AvgIpc) is 3.20. The number of carbonyl (C=O) groups is 2. The molecule has 8 nitrogen and oxygen atoms in total. The zero-order valence-corrected chi connectivity index (χ0v) is 16.1. The predicted molar refractivity (Wildman–Crippen MR) is 105 cm³/mol. The summed E-state index contributed by atoms with van der Waals surface area (Å²) in [6, 6.07) is 16.5. The van der Waals surface area contributed by atoms with E-state index in [0.717, 1.165) is 11.1 Å². The van der Waals surface area contributed by atoms with Gasteiger partial charge >= 0.3 is 12.0 Å². The lowest BCUT2D eigenvalue weighted by molar-refractivity contribution is -0.149. The quantitative estimate of drug-likeness (QED) is 0.583. The highest BCUT2D eigenvalue weighted by molar-refractivity contribution is 5.91. The minimum atomic E-state index is -0.658. The van der Waals surface area contributed by atoms with Gasteiger partial charge < -0.3 is 13.9 Å². The molecule has 0 aliphatic rings. The van der Waals surface area contributed by atoms with Crippen molar-refractivity contribution >= 4 is 17.9 Å². The van der Waals surface area contributed by atoms with Crippen LogP contribution in [0.25, 0.3) is 11.5 Å². The van der Waals surface area contributed by atoms with Crippen molar-refractivity contribution in [2.24, 2.45) is 0 Å². The fraction of sp³-hybridized carbons (Fsp3) is 0.238. The molecular formula is C21H21N3O5. The third-order valence-corrected chi connectivity index (χ3v) is 3.94. The molecule has 0 atom stereocenters. The van der Waals surface area contributed by atoms with Gasteiger partial charge in [-0.05, 0) is 29.7 Å². The average molecular weight is 395 g/mol. The van der Waals surface area contributed by atoms with E-state index in [-0.39, 0.29) is 24.4 Å². The molecule has 3 aromatic rings. The van der Waals surface area contributed by atoms with Gasteiger partial charge in [0.2, 0.25) is 5.89 Å². The molecule has 8 heteroatoms. The summed E-state index contributed by atoms with van der Waals surface area (Å²) in [5.41, 5.74) is 1.72. The highest BCUT2D eigenvalue weighted by Gasteiger charge is 2.14. The standard InChI is InChI=1S/C21H21N3O5/c1-14(2)16-10-6-7-11-17(16)27-13-19(26)28-12-18(25)22-21-24-23-20(29-21)15-8-4-3-5-9-15/h3-11,14H,12-13H2,1-2H3,(H,22,24,25). The van der Waals surface area contributed by atoms with Crippen molar-refractivity contribution in [2.75, 3.05) is 18.5 Å². The second kappa shape index (κ2) is 9.50. The Bertz CT molecular complexity index is 969. The first-order valence-corrected chi connectivity index (χ1v) is 9.09. The van der Waals surface area contributed by atoms with Gasteiger partial charge in [-0.25, -0.2) is 4.79 Å². The maximum Gasteiger partial charge on any atom is 0.344 e. The second-order valence-corrected chi connectivity index (χ2v) is 6.47. The van der Waals surface area contributed by atoms with E-state index in [2.05, 4.69) is 15.5 Å². The van der Waals surface area contributed by atoms with E-state index in [1.807, 2.05) is 50.2 Å². The van der Waals surface area contributed by atoms with E-state index >= 15 is 0 Å². The summed E-state index contributed by atoms with van der Waals surface area (Å²) >= 11 is 0. The predicted octanol–water partition coefficient (Wildman–Crippen LogP) is 3.42. The lowest BCUT2D eigenvalue weighted by Crippen LogP contribution is -2.24. The molecule has 0 radical (unpaired) electrons. The van der Waals surface area contributed by atoms with Crippen LogP contribution >= 0.6 is 0 Å². The molecule has 0 saturated carbocycles. The fourth-order valence-electron chi connectivity index (χ4n) is 2.54. The van der Waals surface area contributed by atoms with Crippen LogP contribution < -0.4 is 10.1 Å². The molecule has 1 N–H and O–H groups in total. The molecule has 0 aliphatic heterocycles. The van der Waals surface area contributed by atoms with Crippen molar-refractivity contribution in [3.8, 4) is 17.2 Å². The number of rotatable bonds is 8. The smallest absolute Gasteiger partial charge is 0.344 e. The summed E-state index contributed by atoms with van der Waals surface area (Å²) in [7, 11) is 0. The van der Waals surface area contributed by atoms with E-state index < -0.39 is 18.5 Å². The Kier molecular flexibility index (Phi) is 6.57. The van der Waals surface area contributed by atoms with Crippen LogP contribution in [0.1, 0.15) is 25.3 Å². The summed E-state index contributed by atoms with van der Waals surface area (Å²) in [4.78, 5) is 23.8. The SMILES string of the molecule is CC(C)c1ccccc1OCC(=O)OCC(=O)Nc1nnc(-c2ccccc2)o1. The highest BCUT2D eigenvalue weighted by atomic mass is 16.6. The Labute approximate surface area is 167 Å². The van der Waals surface area contributed by atoms with E-state index in [1.165, 1.54) is 0 Å². The third kappa shape index (κ3) is 5.65. The number of hydrogen-bond acceptors (Lipinski definition) is 7. The number of benzene rings is 2. The van der Waals surface area contributed by atoms with Crippen LogP contribution in [0.15, 0.2) is 59.0 Å². The molecule has 0 unspecified atom stereocenters. The van der Waals surface area contributed by atoms with Crippen LogP contribution in [0.5, 0.6) is 5.75 Å². The molecule has 0 bridgehead atoms. The number of aromatic nitrogens is 2. The molecule has 3 rings (SSSR count). The first-order valence-electron chi connectivity index (χ1n) is 9.09. The van der Waals surface area contributed by atoms with Gasteiger partial charge in [-0.15, -0.1) is 5.10 Å². The summed E-state index contributed by atoms with van der Waals surface area (Å²) in [6.45, 7) is 3.28. The van der Waals surface area contributed by atoms with Crippen molar-refractivity contribution in [3.05, 3.63) is 60.2 Å². The maximum atomic E-state index is 11.9. The number of hydrogen-bond donors (Lipinski definition) is 1. The summed E-state index contributed by atoms with van der Waals surface area (Å²) in [5, 5.41) is 10.00. The second-order valence-electron chi connectivity index (χ2n) is 6.47. The van der Waals surface area contributed by atoms with Crippen LogP contribution in [-0.2, 0) is 14.3 Å². The van der Waals surface area contributed by atoms with Crippen molar-refractivity contribution in [1.29, 1.82) is 0 Å². The van der Waals surface area contributed by atoms with E-state index in [0.29, 0.717) is 5.75 Å². The van der Waals surface area contributed by atoms with Gasteiger partial charge in [0.25, 0.3) is 5.91 Å². The van der Waals surface area contributed by atoms with Crippen LogP contribution in [0.2, 0.25) is 0 Å². The van der Waals surface area contributed by atoms with Crippen molar-refractivity contribution in [1.82, 2.24) is 10.2 Å². The number of amides is 1. The number of anilines is 1. The minimum absolute atomic E-state index is 0.0768. The number of nitrogens with one attached hydrogen (secondary N) is 1. The van der Waals surface area contributed by atoms with Crippen LogP contribution in [0, 0.1) is 0 Å². The lowest BCUT2D eigenvalue weighted by Gasteiger charge is -2.13. The van der Waals surface area contributed by atoms with Gasteiger partial charge in [-0.2, -0.15) is 0 Å². The zero-order chi connectivity index (χ0) is 20.6. The van der Waals surface area contributed by atoms with Gasteiger partial charge in [0, 0.05) is 5.56 Å². The fourth-order valence-corrected chi connectivity index (χ4v) is 2.54. The van der Waals surface area contributed by atoms with Crippen LogP contribution in [0.3, 0.4) is 0 Å². The summed E-state index contributed by atoms with van der Waals surface area (Å²) < 4.78 is 15.8. The van der Waals surface area contributed by atoms with Crippen LogP contribution in [0.4, 0.5) is 6.01 Å². The summed E-state index contributed by atoms with van der Waals surface area (Å²) in [6.07, 6.45) is 0. The molecule has 150 valence electrons. The molecule has 0 aliphatic carbocycles. The normalized spacial score (nSPS) is 10.6. The Morgan fingerprint density at radius 2 is 1.72 bits per heavy atom. The number of nitrogens with zero attached hydrogens (tertiary/aromatic N) is 2. The Morgan fingerprint density at radius 3 is 2.48 bits per heavy atom.